The van der Waals surface area contributed by atoms with E-state index < -0.39 is 5.97 Å². The first kappa shape index (κ1) is 9.21. The zero-order valence-corrected chi connectivity index (χ0v) is 8.38. The number of fused-ring (bicyclic) bond motifs is 1. The lowest BCUT2D eigenvalue weighted by molar-refractivity contribution is -0.136. The van der Waals surface area contributed by atoms with Gasteiger partial charge >= 0.3 is 5.97 Å². The maximum Gasteiger partial charge on any atom is 0.303 e. The van der Waals surface area contributed by atoms with E-state index in [1.54, 1.807) is 11.3 Å². The van der Waals surface area contributed by atoms with Crippen LogP contribution in [0.3, 0.4) is 0 Å². The number of aliphatic carboxylic acids is 1. The summed E-state index contributed by atoms with van der Waals surface area (Å²) in [5, 5.41) is 11.8. The SMILES string of the molecule is O=C(O)CCc1ccc2ccsc2c1. The monoisotopic (exact) mass is 206 g/mol. The van der Waals surface area contributed by atoms with E-state index >= 15 is 0 Å². The highest BCUT2D eigenvalue weighted by molar-refractivity contribution is 7.17. The van der Waals surface area contributed by atoms with Crippen molar-refractivity contribution < 1.29 is 9.90 Å². The number of carboxylic acids is 1. The van der Waals surface area contributed by atoms with Crippen molar-refractivity contribution in [2.75, 3.05) is 0 Å². The molecule has 2 aromatic rings. The summed E-state index contributed by atoms with van der Waals surface area (Å²) in [7, 11) is 0. The van der Waals surface area contributed by atoms with Gasteiger partial charge in [0.1, 0.15) is 0 Å². The van der Waals surface area contributed by atoms with E-state index in [9.17, 15) is 4.79 Å². The minimum absolute atomic E-state index is 0.205. The van der Waals surface area contributed by atoms with Gasteiger partial charge in [0.15, 0.2) is 0 Å². The van der Waals surface area contributed by atoms with Gasteiger partial charge in [0.25, 0.3) is 0 Å². The average Bonchev–Trinajstić information content (AvgIpc) is 2.61. The van der Waals surface area contributed by atoms with Crippen LogP contribution in [0.25, 0.3) is 10.1 Å². The fourth-order valence-corrected chi connectivity index (χ4v) is 2.26. The molecule has 0 aliphatic carbocycles. The summed E-state index contributed by atoms with van der Waals surface area (Å²) in [6.45, 7) is 0. The van der Waals surface area contributed by atoms with E-state index in [-0.39, 0.29) is 6.42 Å². The third-order valence-electron chi connectivity index (χ3n) is 2.15. The van der Waals surface area contributed by atoms with Gasteiger partial charge in [0.05, 0.1) is 0 Å². The van der Waals surface area contributed by atoms with Gasteiger partial charge in [-0.05, 0) is 34.9 Å². The van der Waals surface area contributed by atoms with Crippen molar-refractivity contribution in [1.29, 1.82) is 0 Å². The summed E-state index contributed by atoms with van der Waals surface area (Å²) < 4.78 is 1.23. The Morgan fingerprint density at radius 1 is 1.36 bits per heavy atom. The quantitative estimate of drug-likeness (QED) is 0.838. The zero-order chi connectivity index (χ0) is 9.97. The van der Waals surface area contributed by atoms with Gasteiger partial charge in [-0.15, -0.1) is 11.3 Å². The number of thiophene rings is 1. The molecule has 3 heteroatoms. The first-order valence-electron chi connectivity index (χ1n) is 4.43. The van der Waals surface area contributed by atoms with E-state index in [4.69, 9.17) is 5.11 Å². The van der Waals surface area contributed by atoms with Gasteiger partial charge in [-0.25, -0.2) is 0 Å². The Morgan fingerprint density at radius 2 is 2.21 bits per heavy atom. The molecule has 0 saturated carbocycles. The van der Waals surface area contributed by atoms with Crippen LogP contribution in [0.5, 0.6) is 0 Å². The fraction of sp³-hybridized carbons (Fsp3) is 0.182. The molecule has 1 N–H and O–H groups in total. The Hall–Kier alpha value is -1.35. The molecule has 1 aromatic carbocycles. The van der Waals surface area contributed by atoms with Gasteiger partial charge in [0, 0.05) is 11.1 Å². The van der Waals surface area contributed by atoms with Gasteiger partial charge in [-0.1, -0.05) is 12.1 Å². The van der Waals surface area contributed by atoms with Crippen molar-refractivity contribution in [3.8, 4) is 0 Å². The summed E-state index contributed by atoms with van der Waals surface area (Å²) in [6.07, 6.45) is 0.819. The molecular weight excluding hydrogens is 196 g/mol. The highest BCUT2D eigenvalue weighted by Gasteiger charge is 2.00. The predicted molar refractivity (Wildman–Crippen MR) is 57.8 cm³/mol. The van der Waals surface area contributed by atoms with Crippen LogP contribution < -0.4 is 0 Å². The van der Waals surface area contributed by atoms with Crippen LogP contribution in [-0.4, -0.2) is 11.1 Å². The predicted octanol–water partition coefficient (Wildman–Crippen LogP) is 2.92. The molecule has 14 heavy (non-hydrogen) atoms. The first-order chi connectivity index (χ1) is 6.75. The number of carbonyl (C=O) groups is 1. The highest BCUT2D eigenvalue weighted by Crippen LogP contribution is 2.22. The minimum atomic E-state index is -0.740. The Bertz CT molecular complexity index is 459. The summed E-state index contributed by atoms with van der Waals surface area (Å²) >= 11 is 1.69. The molecule has 0 amide bonds. The lowest BCUT2D eigenvalue weighted by Crippen LogP contribution is -1.96. The average molecular weight is 206 g/mol. The van der Waals surface area contributed by atoms with Crippen LogP contribution in [0, 0.1) is 0 Å². The molecule has 0 radical (unpaired) electrons. The first-order valence-corrected chi connectivity index (χ1v) is 5.31. The standard InChI is InChI=1S/C11H10O2S/c12-11(13)4-2-8-1-3-9-5-6-14-10(9)7-8/h1,3,5-7H,2,4H2,(H,12,13). The molecule has 72 valence electrons. The Morgan fingerprint density at radius 3 is 3.00 bits per heavy atom. The van der Waals surface area contributed by atoms with Crippen molar-refractivity contribution in [3.05, 3.63) is 35.2 Å². The van der Waals surface area contributed by atoms with E-state index in [1.807, 2.05) is 17.5 Å². The largest absolute Gasteiger partial charge is 0.481 e. The molecule has 1 aromatic heterocycles. The molecule has 0 unspecified atom stereocenters. The lowest BCUT2D eigenvalue weighted by atomic mass is 10.1. The topological polar surface area (TPSA) is 37.3 Å². The molecule has 0 bridgehead atoms. The molecule has 0 saturated heterocycles. The van der Waals surface area contributed by atoms with Crippen molar-refractivity contribution >= 4 is 27.4 Å². The van der Waals surface area contributed by atoms with Crippen LogP contribution in [0.2, 0.25) is 0 Å². The second-order valence-electron chi connectivity index (χ2n) is 3.19. The van der Waals surface area contributed by atoms with Gasteiger partial charge < -0.3 is 5.11 Å². The summed E-state index contributed by atoms with van der Waals surface area (Å²) in [6, 6.07) is 8.19. The third-order valence-corrected chi connectivity index (χ3v) is 3.03. The number of carboxylic acid groups (broad SMARTS) is 1. The molecule has 0 aliphatic rings. The molecule has 0 aliphatic heterocycles. The summed E-state index contributed by atoms with van der Waals surface area (Å²) in [5.41, 5.74) is 1.10. The second kappa shape index (κ2) is 3.80. The summed E-state index contributed by atoms with van der Waals surface area (Å²) in [5.74, 6) is -0.740. The van der Waals surface area contributed by atoms with Gasteiger partial charge in [-0.2, -0.15) is 0 Å². The Balaban J connectivity index is 2.21. The smallest absolute Gasteiger partial charge is 0.303 e. The third kappa shape index (κ3) is 1.93. The Labute approximate surface area is 85.8 Å². The maximum atomic E-state index is 10.4. The van der Waals surface area contributed by atoms with Crippen LogP contribution in [0.15, 0.2) is 29.6 Å². The van der Waals surface area contributed by atoms with Gasteiger partial charge in [0.2, 0.25) is 0 Å². The number of aryl methyl sites for hydroxylation is 1. The molecule has 0 spiro atoms. The number of benzene rings is 1. The molecule has 0 atom stereocenters. The highest BCUT2D eigenvalue weighted by atomic mass is 32.1. The second-order valence-corrected chi connectivity index (χ2v) is 4.13. The van der Waals surface area contributed by atoms with Crippen molar-refractivity contribution in [2.24, 2.45) is 0 Å². The zero-order valence-electron chi connectivity index (χ0n) is 7.56. The molecule has 2 nitrogen and oxygen atoms in total. The fourth-order valence-electron chi connectivity index (χ4n) is 1.41. The normalized spacial score (nSPS) is 10.6. The number of hydrogen-bond acceptors (Lipinski definition) is 2. The van der Waals surface area contributed by atoms with E-state index in [0.29, 0.717) is 6.42 Å². The minimum Gasteiger partial charge on any atom is -0.481 e. The van der Waals surface area contributed by atoms with E-state index in [0.717, 1.165) is 5.56 Å². The van der Waals surface area contributed by atoms with Crippen LogP contribution >= 0.6 is 11.3 Å². The van der Waals surface area contributed by atoms with Crippen LogP contribution in [0.1, 0.15) is 12.0 Å². The van der Waals surface area contributed by atoms with Gasteiger partial charge in [-0.3, -0.25) is 4.79 Å². The molecule has 1 heterocycles. The number of rotatable bonds is 3. The molecule has 0 fully saturated rings. The van der Waals surface area contributed by atoms with E-state index in [2.05, 4.69) is 12.1 Å². The molecule has 2 rings (SSSR count). The maximum absolute atomic E-state index is 10.4. The van der Waals surface area contributed by atoms with E-state index in [1.165, 1.54) is 10.1 Å². The summed E-state index contributed by atoms with van der Waals surface area (Å²) in [4.78, 5) is 10.4. The Kier molecular flexibility index (Phi) is 2.50. The number of hydrogen-bond donors (Lipinski definition) is 1. The van der Waals surface area contributed by atoms with Crippen molar-refractivity contribution in [1.82, 2.24) is 0 Å². The van der Waals surface area contributed by atoms with Crippen molar-refractivity contribution in [3.63, 3.8) is 0 Å². The van der Waals surface area contributed by atoms with Crippen LogP contribution in [-0.2, 0) is 11.2 Å². The molecular formula is C11H10O2S. The lowest BCUT2D eigenvalue weighted by Gasteiger charge is -1.98. The van der Waals surface area contributed by atoms with Crippen molar-refractivity contribution in [2.45, 2.75) is 12.8 Å². The van der Waals surface area contributed by atoms with Crippen LogP contribution in [0.4, 0.5) is 0 Å².